The Morgan fingerprint density at radius 2 is 2.04 bits per heavy atom. The number of anilines is 1. The summed E-state index contributed by atoms with van der Waals surface area (Å²) in [6.07, 6.45) is 3.68. The molecule has 1 aromatic carbocycles. The van der Waals surface area contributed by atoms with E-state index in [9.17, 15) is 4.79 Å². The number of fused-ring (bicyclic) bond motifs is 1. The van der Waals surface area contributed by atoms with Crippen molar-refractivity contribution in [3.05, 3.63) is 59.5 Å². The van der Waals surface area contributed by atoms with Gasteiger partial charge in [0, 0.05) is 30.3 Å². The van der Waals surface area contributed by atoms with E-state index < -0.39 is 0 Å². The first-order valence-corrected chi connectivity index (χ1v) is 9.42. The molecular formula is C21H23N5O2. The Bertz CT molecular complexity index is 997. The van der Waals surface area contributed by atoms with E-state index in [0.717, 1.165) is 22.6 Å². The Kier molecular flexibility index (Phi) is 4.81. The molecule has 0 unspecified atom stereocenters. The van der Waals surface area contributed by atoms with Gasteiger partial charge in [0.15, 0.2) is 0 Å². The molecule has 0 fully saturated rings. The smallest absolute Gasteiger partial charge is 0.252 e. The van der Waals surface area contributed by atoms with Gasteiger partial charge in [-0.15, -0.1) is 0 Å². The number of nitrogens with one attached hydrogen (secondary N) is 1. The third-order valence-electron chi connectivity index (χ3n) is 4.69. The number of hydrogen-bond acceptors (Lipinski definition) is 5. The van der Waals surface area contributed by atoms with E-state index in [4.69, 9.17) is 4.74 Å². The second-order valence-electron chi connectivity index (χ2n) is 7.39. The third-order valence-corrected chi connectivity index (χ3v) is 4.69. The molecule has 7 heteroatoms. The van der Waals surface area contributed by atoms with Crippen LogP contribution in [0.1, 0.15) is 43.0 Å². The number of amides is 1. The minimum absolute atomic E-state index is 0.0527. The summed E-state index contributed by atoms with van der Waals surface area (Å²) >= 11 is 0. The van der Waals surface area contributed by atoms with Crippen LogP contribution in [0, 0.1) is 12.8 Å². The van der Waals surface area contributed by atoms with Crippen molar-refractivity contribution in [2.24, 2.45) is 5.92 Å². The van der Waals surface area contributed by atoms with Gasteiger partial charge in [-0.05, 0) is 36.6 Å². The predicted molar refractivity (Wildman–Crippen MR) is 106 cm³/mol. The van der Waals surface area contributed by atoms with E-state index >= 15 is 0 Å². The summed E-state index contributed by atoms with van der Waals surface area (Å²) in [5.41, 5.74) is 2.88. The standard InChI is InChI=1S/C21H23N5O2/c1-13(2)12-28-16-7-4-6-15(10-16)17-11-18(27)24-20-19(17)14(3)25-26(20)21-22-8-5-9-23-21/h4-10,13,17H,11-12H2,1-3H3,(H,24,27)/t17-/m1/s1. The van der Waals surface area contributed by atoms with E-state index in [1.807, 2.05) is 31.2 Å². The number of ether oxygens (including phenoxy) is 1. The maximum Gasteiger partial charge on any atom is 0.252 e. The minimum Gasteiger partial charge on any atom is -0.493 e. The number of hydrogen-bond donors (Lipinski definition) is 1. The monoisotopic (exact) mass is 377 g/mol. The molecule has 2 aromatic heterocycles. The summed E-state index contributed by atoms with van der Waals surface area (Å²) < 4.78 is 7.48. The van der Waals surface area contributed by atoms with Crippen molar-refractivity contribution in [3.63, 3.8) is 0 Å². The largest absolute Gasteiger partial charge is 0.493 e. The van der Waals surface area contributed by atoms with Crippen molar-refractivity contribution in [1.29, 1.82) is 0 Å². The molecule has 28 heavy (non-hydrogen) atoms. The molecule has 1 amide bonds. The quantitative estimate of drug-likeness (QED) is 0.736. The van der Waals surface area contributed by atoms with Crippen LogP contribution in [0.3, 0.4) is 0 Å². The molecule has 1 aliphatic rings. The normalized spacial score (nSPS) is 16.0. The lowest BCUT2D eigenvalue weighted by Crippen LogP contribution is -2.25. The summed E-state index contributed by atoms with van der Waals surface area (Å²) in [4.78, 5) is 21.0. The van der Waals surface area contributed by atoms with Crippen molar-refractivity contribution in [1.82, 2.24) is 19.7 Å². The van der Waals surface area contributed by atoms with Gasteiger partial charge in [0.1, 0.15) is 11.6 Å². The average molecular weight is 377 g/mol. The van der Waals surface area contributed by atoms with E-state index in [2.05, 4.69) is 34.2 Å². The molecule has 1 atom stereocenters. The Hall–Kier alpha value is -3.22. The van der Waals surface area contributed by atoms with Gasteiger partial charge in [0.05, 0.1) is 12.3 Å². The highest BCUT2D eigenvalue weighted by Crippen LogP contribution is 2.40. The minimum atomic E-state index is -0.0937. The Morgan fingerprint density at radius 3 is 2.79 bits per heavy atom. The molecule has 1 aliphatic heterocycles. The highest BCUT2D eigenvalue weighted by Gasteiger charge is 2.33. The zero-order valence-electron chi connectivity index (χ0n) is 16.2. The Balaban J connectivity index is 1.75. The summed E-state index contributed by atoms with van der Waals surface area (Å²) in [5, 5.41) is 7.55. The number of aromatic nitrogens is 4. The lowest BCUT2D eigenvalue weighted by Gasteiger charge is -2.24. The van der Waals surface area contributed by atoms with Crippen molar-refractivity contribution in [2.75, 3.05) is 11.9 Å². The summed E-state index contributed by atoms with van der Waals surface area (Å²) in [5.74, 6) is 2.18. The molecule has 0 radical (unpaired) electrons. The van der Waals surface area contributed by atoms with Gasteiger partial charge in [-0.2, -0.15) is 9.78 Å². The van der Waals surface area contributed by atoms with Crippen LogP contribution in [0.25, 0.3) is 5.95 Å². The maximum atomic E-state index is 12.5. The van der Waals surface area contributed by atoms with Gasteiger partial charge in [-0.1, -0.05) is 26.0 Å². The average Bonchev–Trinajstić information content (AvgIpc) is 3.03. The fraction of sp³-hybridized carbons (Fsp3) is 0.333. The summed E-state index contributed by atoms with van der Waals surface area (Å²) in [6, 6.07) is 9.72. The first kappa shape index (κ1) is 18.2. The van der Waals surface area contributed by atoms with Crippen LogP contribution in [0.4, 0.5) is 5.82 Å². The van der Waals surface area contributed by atoms with Crippen molar-refractivity contribution in [2.45, 2.75) is 33.1 Å². The van der Waals surface area contributed by atoms with Gasteiger partial charge in [0.2, 0.25) is 5.91 Å². The Morgan fingerprint density at radius 1 is 1.25 bits per heavy atom. The van der Waals surface area contributed by atoms with Crippen LogP contribution in [-0.4, -0.2) is 32.3 Å². The van der Waals surface area contributed by atoms with Crippen LogP contribution >= 0.6 is 0 Å². The summed E-state index contributed by atoms with van der Waals surface area (Å²) in [7, 11) is 0. The van der Waals surface area contributed by atoms with Crippen molar-refractivity contribution in [3.8, 4) is 11.7 Å². The first-order chi connectivity index (χ1) is 13.5. The summed E-state index contributed by atoms with van der Waals surface area (Å²) in [6.45, 7) is 6.83. The number of carbonyl (C=O) groups excluding carboxylic acids is 1. The van der Waals surface area contributed by atoms with Crippen LogP contribution in [0.2, 0.25) is 0 Å². The van der Waals surface area contributed by atoms with Crippen LogP contribution in [0.5, 0.6) is 5.75 Å². The fourth-order valence-electron chi connectivity index (χ4n) is 3.46. The number of aryl methyl sites for hydroxylation is 1. The molecule has 4 rings (SSSR count). The number of benzene rings is 1. The molecule has 0 saturated carbocycles. The second-order valence-corrected chi connectivity index (χ2v) is 7.39. The SMILES string of the molecule is Cc1nn(-c2ncccn2)c2c1[C@@H](c1cccc(OCC(C)C)c1)CC(=O)N2. The lowest BCUT2D eigenvalue weighted by molar-refractivity contribution is -0.116. The molecule has 3 aromatic rings. The maximum absolute atomic E-state index is 12.5. The molecule has 0 saturated heterocycles. The highest BCUT2D eigenvalue weighted by molar-refractivity contribution is 5.95. The zero-order chi connectivity index (χ0) is 19.7. The van der Waals surface area contributed by atoms with E-state index in [1.54, 1.807) is 23.1 Å². The lowest BCUT2D eigenvalue weighted by atomic mass is 9.86. The molecule has 3 heterocycles. The molecule has 1 N–H and O–H groups in total. The van der Waals surface area contributed by atoms with Gasteiger partial charge in [-0.25, -0.2) is 9.97 Å². The molecular weight excluding hydrogens is 354 g/mol. The third kappa shape index (κ3) is 3.47. The number of carbonyl (C=O) groups is 1. The predicted octanol–water partition coefficient (Wildman–Crippen LogP) is 3.48. The van der Waals surface area contributed by atoms with Crippen LogP contribution in [0.15, 0.2) is 42.7 Å². The molecule has 144 valence electrons. The topological polar surface area (TPSA) is 81.9 Å². The van der Waals surface area contributed by atoms with E-state index in [1.165, 1.54) is 0 Å². The molecule has 0 aliphatic carbocycles. The van der Waals surface area contributed by atoms with Gasteiger partial charge >= 0.3 is 0 Å². The van der Waals surface area contributed by atoms with Crippen molar-refractivity contribution >= 4 is 11.7 Å². The zero-order valence-corrected chi connectivity index (χ0v) is 16.2. The molecule has 0 spiro atoms. The first-order valence-electron chi connectivity index (χ1n) is 9.42. The highest BCUT2D eigenvalue weighted by atomic mass is 16.5. The molecule has 0 bridgehead atoms. The number of nitrogens with zero attached hydrogens (tertiary/aromatic N) is 4. The molecule has 7 nitrogen and oxygen atoms in total. The van der Waals surface area contributed by atoms with Gasteiger partial charge in [-0.3, -0.25) is 4.79 Å². The van der Waals surface area contributed by atoms with Crippen LogP contribution in [-0.2, 0) is 4.79 Å². The fourth-order valence-corrected chi connectivity index (χ4v) is 3.46. The van der Waals surface area contributed by atoms with E-state index in [-0.39, 0.29) is 11.8 Å². The Labute approximate surface area is 163 Å². The van der Waals surface area contributed by atoms with Crippen molar-refractivity contribution < 1.29 is 9.53 Å². The van der Waals surface area contributed by atoms with Crippen LogP contribution < -0.4 is 10.1 Å². The number of rotatable bonds is 5. The van der Waals surface area contributed by atoms with Gasteiger partial charge in [0.25, 0.3) is 5.95 Å². The van der Waals surface area contributed by atoms with Gasteiger partial charge < -0.3 is 10.1 Å². The second kappa shape index (κ2) is 7.42. The van der Waals surface area contributed by atoms with E-state index in [0.29, 0.717) is 30.7 Å².